The Labute approximate surface area is 180 Å². The molecule has 0 radical (unpaired) electrons. The van der Waals surface area contributed by atoms with Crippen molar-refractivity contribution in [3.05, 3.63) is 71.8 Å². The number of benzene rings is 2. The highest BCUT2D eigenvalue weighted by Crippen LogP contribution is 2.58. The molecule has 0 bridgehead atoms. The molecule has 1 N–H and O–H groups in total. The quantitative estimate of drug-likeness (QED) is 0.549. The molecule has 2 fully saturated rings. The average Bonchev–Trinajstić information content (AvgIpc) is 3.11. The highest BCUT2D eigenvalue weighted by Gasteiger charge is 2.76. The first kappa shape index (κ1) is 19.4. The van der Waals surface area contributed by atoms with Crippen molar-refractivity contribution < 1.29 is 9.59 Å². The Hall–Kier alpha value is -1.97. The summed E-state index contributed by atoms with van der Waals surface area (Å²) < 4.78 is 0. The fourth-order valence-corrected chi connectivity index (χ4v) is 5.46. The molecule has 9 heteroatoms. The summed E-state index contributed by atoms with van der Waals surface area (Å²) in [6.07, 6.45) is 0. The van der Waals surface area contributed by atoms with Gasteiger partial charge in [0.05, 0.1) is 17.6 Å². The summed E-state index contributed by atoms with van der Waals surface area (Å²) in [5.41, 5.74) is -0.784. The van der Waals surface area contributed by atoms with Crippen LogP contribution in [0.5, 0.6) is 0 Å². The fraction of sp³-hybridized carbons (Fsp3) is 0.263. The van der Waals surface area contributed by atoms with E-state index in [1.54, 1.807) is 14.7 Å². The largest absolute Gasteiger partial charge is 0.325 e. The van der Waals surface area contributed by atoms with Crippen molar-refractivity contribution in [1.82, 2.24) is 20.0 Å². The number of fused-ring (bicyclic) bond motifs is 1. The molecule has 0 aliphatic carbocycles. The second-order valence-corrected chi connectivity index (χ2v) is 7.38. The number of nitrogens with one attached hydrogen (secondary N) is 1. The van der Waals surface area contributed by atoms with E-state index in [1.807, 2.05) is 60.7 Å². The molecule has 2 aromatic carbocycles. The minimum atomic E-state index is -1.18. The van der Waals surface area contributed by atoms with E-state index in [1.165, 1.54) is 0 Å². The van der Waals surface area contributed by atoms with Crippen LogP contribution in [0.4, 0.5) is 9.59 Å². The van der Waals surface area contributed by atoms with Gasteiger partial charge >= 0.3 is 12.1 Å². The molecule has 6 nitrogen and oxygen atoms in total. The molecule has 2 heterocycles. The Morgan fingerprint density at radius 1 is 0.714 bits per heavy atom. The van der Waals surface area contributed by atoms with E-state index in [2.05, 4.69) is 43.2 Å². The van der Waals surface area contributed by atoms with E-state index < -0.39 is 11.3 Å². The molecular formula is C19H20N4O2S3. The van der Waals surface area contributed by atoms with E-state index in [0.29, 0.717) is 0 Å². The predicted octanol–water partition coefficient (Wildman–Crippen LogP) is 3.12. The first-order valence-corrected chi connectivity index (χ1v) is 10.6. The molecule has 146 valence electrons. The van der Waals surface area contributed by atoms with Gasteiger partial charge in [-0.05, 0) is 0 Å². The zero-order chi connectivity index (χ0) is 19.9. The highest BCUT2D eigenvalue weighted by atomic mass is 32.1. The normalized spacial score (nSPS) is 26.6. The van der Waals surface area contributed by atoms with E-state index in [4.69, 9.17) is 0 Å². The molecule has 28 heavy (non-hydrogen) atoms. The van der Waals surface area contributed by atoms with Crippen molar-refractivity contribution in [2.75, 3.05) is 17.6 Å². The molecular weight excluding hydrogens is 412 g/mol. The van der Waals surface area contributed by atoms with E-state index >= 15 is 0 Å². The molecule has 2 aliphatic rings. The third-order valence-electron chi connectivity index (χ3n) is 5.48. The summed E-state index contributed by atoms with van der Waals surface area (Å²) >= 11 is 13.3. The maximum atomic E-state index is 13.5. The molecule has 0 aromatic heterocycles. The molecule has 4 amide bonds. The molecule has 4 rings (SSSR count). The zero-order valence-corrected chi connectivity index (χ0v) is 17.6. The van der Waals surface area contributed by atoms with Gasteiger partial charge in [0.1, 0.15) is 0 Å². The second-order valence-electron chi connectivity index (χ2n) is 6.54. The minimum absolute atomic E-state index is 0.117. The van der Waals surface area contributed by atoms with Crippen LogP contribution in [0.2, 0.25) is 0 Å². The third kappa shape index (κ3) is 2.20. The Morgan fingerprint density at radius 3 is 1.71 bits per heavy atom. The van der Waals surface area contributed by atoms with Crippen LogP contribution in [0.1, 0.15) is 11.1 Å². The first-order valence-electron chi connectivity index (χ1n) is 8.72. The topological polar surface area (TPSA) is 55.9 Å². The lowest BCUT2D eigenvalue weighted by Gasteiger charge is -2.47. The maximum Gasteiger partial charge on any atom is 0.325 e. The van der Waals surface area contributed by atoms with Crippen LogP contribution in [0.25, 0.3) is 0 Å². The Kier molecular flexibility index (Phi) is 4.93. The Balaban J connectivity index is 2.14. The van der Waals surface area contributed by atoms with Crippen molar-refractivity contribution in [2.45, 2.75) is 11.3 Å². The van der Waals surface area contributed by atoms with Gasteiger partial charge in [0.15, 0.2) is 11.3 Å². The van der Waals surface area contributed by atoms with Crippen LogP contribution in [0.3, 0.4) is 0 Å². The van der Waals surface area contributed by atoms with Gasteiger partial charge in [0, 0.05) is 11.1 Å². The van der Waals surface area contributed by atoms with E-state index in [9.17, 15) is 9.59 Å². The van der Waals surface area contributed by atoms with Crippen LogP contribution in [-0.2, 0) is 11.3 Å². The Morgan fingerprint density at radius 2 is 1.21 bits per heavy atom. The molecule has 2 saturated heterocycles. The van der Waals surface area contributed by atoms with Crippen molar-refractivity contribution in [2.24, 2.45) is 0 Å². The van der Waals surface area contributed by atoms with Gasteiger partial charge in [0.2, 0.25) is 0 Å². The number of hydrogen-bond acceptors (Lipinski definition) is 5. The van der Waals surface area contributed by atoms with Crippen LogP contribution >= 0.6 is 37.9 Å². The summed E-state index contributed by atoms with van der Waals surface area (Å²) in [5, 5.41) is 3.10. The minimum Gasteiger partial charge on any atom is -0.307 e. The average molecular weight is 433 g/mol. The maximum absolute atomic E-state index is 13.5. The number of carbonyl (C=O) groups is 2. The molecule has 2 unspecified atom stereocenters. The van der Waals surface area contributed by atoms with Gasteiger partial charge in [0.25, 0.3) is 0 Å². The first-order chi connectivity index (χ1) is 13.6. The van der Waals surface area contributed by atoms with Gasteiger partial charge in [-0.2, -0.15) is 37.9 Å². The monoisotopic (exact) mass is 432 g/mol. The number of thiol groups is 3. The fourth-order valence-electron chi connectivity index (χ4n) is 4.47. The van der Waals surface area contributed by atoms with Gasteiger partial charge in [-0.1, -0.05) is 60.7 Å². The number of nitrogens with zero attached hydrogens (tertiary/aromatic N) is 3. The van der Waals surface area contributed by atoms with Crippen LogP contribution in [0.15, 0.2) is 60.7 Å². The Bertz CT molecular complexity index is 899. The molecule has 0 spiro atoms. The molecule has 2 aliphatic heterocycles. The van der Waals surface area contributed by atoms with Crippen LogP contribution in [-0.4, -0.2) is 44.4 Å². The number of urea groups is 2. The van der Waals surface area contributed by atoms with E-state index in [0.717, 1.165) is 11.1 Å². The lowest BCUT2D eigenvalue weighted by molar-refractivity contribution is -0.0156. The number of amides is 4. The predicted molar refractivity (Wildman–Crippen MR) is 117 cm³/mol. The van der Waals surface area contributed by atoms with Crippen molar-refractivity contribution >= 4 is 49.9 Å². The lowest BCUT2D eigenvalue weighted by Crippen LogP contribution is -2.62. The van der Waals surface area contributed by atoms with Crippen molar-refractivity contribution in [3.8, 4) is 0 Å². The van der Waals surface area contributed by atoms with Crippen molar-refractivity contribution in [1.29, 1.82) is 0 Å². The summed E-state index contributed by atoms with van der Waals surface area (Å²) in [6, 6.07) is 18.4. The molecule has 2 aromatic rings. The number of carbonyl (C=O) groups excluding carboxylic acids is 2. The standard InChI is InChI=1S/C19H20N4O2S3/c24-16-20-18(14-7-3-1-4-8-14)19(21(16)11-26,15-9-5-2-6-10-15)23(13-28)17(25)22(18)12-27/h1-10,26-28H,11-13H2,(H,20,24). The number of hydrogen-bond donors (Lipinski definition) is 4. The van der Waals surface area contributed by atoms with Crippen LogP contribution < -0.4 is 5.32 Å². The second kappa shape index (κ2) is 7.13. The SMILES string of the molecule is O=C1NC2(c3ccccc3)N(CS)C(=O)N(CS)C2(c2ccccc2)N1CS. The van der Waals surface area contributed by atoms with Crippen molar-refractivity contribution in [3.63, 3.8) is 0 Å². The van der Waals surface area contributed by atoms with Gasteiger partial charge in [-0.3, -0.25) is 14.7 Å². The summed E-state index contributed by atoms with van der Waals surface area (Å²) in [6.45, 7) is 0. The van der Waals surface area contributed by atoms with Gasteiger partial charge in [-0.25, -0.2) is 9.59 Å². The van der Waals surface area contributed by atoms with E-state index in [-0.39, 0.29) is 29.7 Å². The zero-order valence-electron chi connectivity index (χ0n) is 14.9. The molecule has 2 atom stereocenters. The summed E-state index contributed by atoms with van der Waals surface area (Å²) in [4.78, 5) is 31.4. The lowest BCUT2D eigenvalue weighted by atomic mass is 9.81. The van der Waals surface area contributed by atoms with Crippen LogP contribution in [0, 0.1) is 0 Å². The third-order valence-corrected chi connectivity index (χ3v) is 6.33. The van der Waals surface area contributed by atoms with Gasteiger partial charge in [-0.15, -0.1) is 0 Å². The highest BCUT2D eigenvalue weighted by molar-refractivity contribution is 7.80. The summed E-state index contributed by atoms with van der Waals surface area (Å²) in [5.74, 6) is 0.354. The number of rotatable bonds is 5. The summed E-state index contributed by atoms with van der Waals surface area (Å²) in [7, 11) is 0. The molecule has 0 saturated carbocycles. The van der Waals surface area contributed by atoms with Gasteiger partial charge < -0.3 is 5.32 Å². The smallest absolute Gasteiger partial charge is 0.307 e.